The van der Waals surface area contributed by atoms with Crippen LogP contribution in [0.1, 0.15) is 18.4 Å². The van der Waals surface area contributed by atoms with E-state index in [1.54, 1.807) is 0 Å². The molecule has 0 amide bonds. The van der Waals surface area contributed by atoms with Crippen LogP contribution in [0.25, 0.3) is 0 Å². The molecule has 1 saturated heterocycles. The van der Waals surface area contributed by atoms with Crippen molar-refractivity contribution in [1.82, 2.24) is 5.32 Å². The predicted molar refractivity (Wildman–Crippen MR) is 71.7 cm³/mol. The average Bonchev–Trinajstić information content (AvgIpc) is 2.35. The van der Waals surface area contributed by atoms with Gasteiger partial charge >= 0.3 is 0 Å². The molecule has 94 valence electrons. The van der Waals surface area contributed by atoms with Crippen LogP contribution in [0.3, 0.4) is 0 Å². The van der Waals surface area contributed by atoms with E-state index in [9.17, 15) is 0 Å². The first kappa shape index (κ1) is 13.2. The topological polar surface area (TPSA) is 21.3 Å². The molecular formula is C13H17Cl2NO. The first-order valence-electron chi connectivity index (χ1n) is 5.98. The molecule has 17 heavy (non-hydrogen) atoms. The third-order valence-electron chi connectivity index (χ3n) is 3.01. The number of halogens is 2. The molecule has 4 heteroatoms. The van der Waals surface area contributed by atoms with Crippen molar-refractivity contribution in [2.75, 3.05) is 19.8 Å². The van der Waals surface area contributed by atoms with Crippen LogP contribution in [-0.4, -0.2) is 19.8 Å². The Hall–Kier alpha value is -0.280. The third-order valence-corrected chi connectivity index (χ3v) is 3.61. The van der Waals surface area contributed by atoms with Gasteiger partial charge in [0.2, 0.25) is 0 Å². The van der Waals surface area contributed by atoms with Gasteiger partial charge in [-0.1, -0.05) is 23.2 Å². The second-order valence-electron chi connectivity index (χ2n) is 4.45. The molecule has 2 rings (SSSR count). The van der Waals surface area contributed by atoms with Gasteiger partial charge in [-0.3, -0.25) is 0 Å². The zero-order chi connectivity index (χ0) is 12.1. The van der Waals surface area contributed by atoms with E-state index in [2.05, 4.69) is 5.32 Å². The lowest BCUT2D eigenvalue weighted by atomic mass is 10.0. The summed E-state index contributed by atoms with van der Waals surface area (Å²) in [6.07, 6.45) is 2.42. The van der Waals surface area contributed by atoms with Crippen molar-refractivity contribution in [3.05, 3.63) is 33.8 Å². The van der Waals surface area contributed by atoms with Crippen molar-refractivity contribution in [2.24, 2.45) is 5.92 Å². The van der Waals surface area contributed by atoms with Gasteiger partial charge in [-0.05, 0) is 42.5 Å². The molecule has 0 radical (unpaired) electrons. The van der Waals surface area contributed by atoms with Gasteiger partial charge in [-0.2, -0.15) is 0 Å². The lowest BCUT2D eigenvalue weighted by molar-refractivity contribution is 0.0547. The summed E-state index contributed by atoms with van der Waals surface area (Å²) >= 11 is 12.0. The van der Waals surface area contributed by atoms with E-state index in [0.29, 0.717) is 5.92 Å². The summed E-state index contributed by atoms with van der Waals surface area (Å²) in [5.74, 6) is 0.627. The molecule has 1 aliphatic heterocycles. The largest absolute Gasteiger partial charge is 0.381 e. The number of rotatable bonds is 4. The second-order valence-corrected chi connectivity index (χ2v) is 5.29. The van der Waals surface area contributed by atoms with Crippen molar-refractivity contribution in [1.29, 1.82) is 0 Å². The van der Waals surface area contributed by atoms with Crippen LogP contribution >= 0.6 is 23.2 Å². The maximum absolute atomic E-state index is 6.09. The van der Waals surface area contributed by atoms with Gasteiger partial charge < -0.3 is 10.1 Å². The van der Waals surface area contributed by atoms with E-state index in [0.717, 1.165) is 41.9 Å². The molecule has 0 aromatic heterocycles. The molecule has 1 fully saturated rings. The highest BCUT2D eigenvalue weighted by Crippen LogP contribution is 2.20. The normalized spacial score (nSPS) is 20.5. The van der Waals surface area contributed by atoms with Crippen molar-refractivity contribution >= 4 is 23.2 Å². The minimum Gasteiger partial charge on any atom is -0.381 e. The Kier molecular flexibility index (Phi) is 5.11. The Morgan fingerprint density at radius 3 is 3.00 bits per heavy atom. The number of nitrogens with one attached hydrogen (secondary N) is 1. The molecule has 1 aromatic carbocycles. The quantitative estimate of drug-likeness (QED) is 0.907. The maximum atomic E-state index is 6.09. The smallest absolute Gasteiger partial charge is 0.0506 e. The molecular weight excluding hydrogens is 257 g/mol. The minimum atomic E-state index is 0.627. The zero-order valence-electron chi connectivity index (χ0n) is 9.72. The van der Waals surface area contributed by atoms with Crippen molar-refractivity contribution in [3.8, 4) is 0 Å². The lowest BCUT2D eigenvalue weighted by Crippen LogP contribution is -2.28. The fourth-order valence-electron chi connectivity index (χ4n) is 2.06. The van der Waals surface area contributed by atoms with Gasteiger partial charge in [0, 0.05) is 29.7 Å². The molecule has 1 N–H and O–H groups in total. The molecule has 0 aliphatic carbocycles. The number of hydrogen-bond donors (Lipinski definition) is 1. The van der Waals surface area contributed by atoms with Gasteiger partial charge in [0.1, 0.15) is 0 Å². The highest BCUT2D eigenvalue weighted by Gasteiger charge is 2.13. The molecule has 2 nitrogen and oxygen atoms in total. The maximum Gasteiger partial charge on any atom is 0.0506 e. The Labute approximate surface area is 112 Å². The molecule has 0 saturated carbocycles. The van der Waals surface area contributed by atoms with Crippen molar-refractivity contribution < 1.29 is 4.74 Å². The van der Waals surface area contributed by atoms with Crippen molar-refractivity contribution in [2.45, 2.75) is 19.4 Å². The van der Waals surface area contributed by atoms with Crippen LogP contribution in [0.5, 0.6) is 0 Å². The molecule has 1 heterocycles. The number of benzene rings is 1. The summed E-state index contributed by atoms with van der Waals surface area (Å²) in [6.45, 7) is 3.52. The van der Waals surface area contributed by atoms with Crippen LogP contribution in [0.4, 0.5) is 0 Å². The number of ether oxygens (including phenoxy) is 1. The van der Waals surface area contributed by atoms with Crippen LogP contribution in [0.15, 0.2) is 18.2 Å². The van der Waals surface area contributed by atoms with E-state index in [4.69, 9.17) is 27.9 Å². The first-order chi connectivity index (χ1) is 8.25. The highest BCUT2D eigenvalue weighted by molar-refractivity contribution is 6.33. The highest BCUT2D eigenvalue weighted by atomic mass is 35.5. The Morgan fingerprint density at radius 1 is 1.35 bits per heavy atom. The van der Waals surface area contributed by atoms with Crippen LogP contribution in [0, 0.1) is 5.92 Å². The average molecular weight is 274 g/mol. The summed E-state index contributed by atoms with van der Waals surface area (Å²) < 4.78 is 5.44. The Bertz CT molecular complexity index is 364. The van der Waals surface area contributed by atoms with E-state index in [-0.39, 0.29) is 0 Å². The summed E-state index contributed by atoms with van der Waals surface area (Å²) in [7, 11) is 0. The van der Waals surface area contributed by atoms with Gasteiger partial charge in [-0.25, -0.2) is 0 Å². The summed E-state index contributed by atoms with van der Waals surface area (Å²) in [5.41, 5.74) is 1.05. The summed E-state index contributed by atoms with van der Waals surface area (Å²) in [6, 6.07) is 5.56. The monoisotopic (exact) mass is 273 g/mol. The van der Waals surface area contributed by atoms with Crippen LogP contribution in [-0.2, 0) is 11.3 Å². The molecule has 0 spiro atoms. The standard InChI is InChI=1S/C13H17Cl2NO/c14-12-3-4-13(15)11(6-12)8-16-7-10-2-1-5-17-9-10/h3-4,6,10,16H,1-2,5,7-9H2. The van der Waals surface area contributed by atoms with Crippen LogP contribution < -0.4 is 5.32 Å². The van der Waals surface area contributed by atoms with E-state index >= 15 is 0 Å². The van der Waals surface area contributed by atoms with Crippen LogP contribution in [0.2, 0.25) is 10.0 Å². The van der Waals surface area contributed by atoms with Gasteiger partial charge in [0.05, 0.1) is 6.61 Å². The van der Waals surface area contributed by atoms with E-state index in [1.807, 2.05) is 18.2 Å². The summed E-state index contributed by atoms with van der Waals surface area (Å²) in [5, 5.41) is 4.91. The predicted octanol–water partition coefficient (Wildman–Crippen LogP) is 3.51. The number of hydrogen-bond acceptors (Lipinski definition) is 2. The molecule has 1 aliphatic rings. The van der Waals surface area contributed by atoms with Gasteiger partial charge in [0.15, 0.2) is 0 Å². The molecule has 0 bridgehead atoms. The molecule has 1 unspecified atom stereocenters. The lowest BCUT2D eigenvalue weighted by Gasteiger charge is -2.22. The fourth-order valence-corrected chi connectivity index (χ4v) is 2.44. The third kappa shape index (κ3) is 4.14. The first-order valence-corrected chi connectivity index (χ1v) is 6.73. The second kappa shape index (κ2) is 6.60. The zero-order valence-corrected chi connectivity index (χ0v) is 11.2. The molecule has 1 aromatic rings. The van der Waals surface area contributed by atoms with Crippen molar-refractivity contribution in [3.63, 3.8) is 0 Å². The fraction of sp³-hybridized carbons (Fsp3) is 0.538. The van der Waals surface area contributed by atoms with E-state index < -0.39 is 0 Å². The molecule has 1 atom stereocenters. The van der Waals surface area contributed by atoms with Gasteiger partial charge in [-0.15, -0.1) is 0 Å². The Balaban J connectivity index is 1.79. The van der Waals surface area contributed by atoms with Gasteiger partial charge in [0.25, 0.3) is 0 Å². The Morgan fingerprint density at radius 2 is 2.24 bits per heavy atom. The SMILES string of the molecule is Clc1ccc(Cl)c(CNCC2CCCOC2)c1. The minimum absolute atomic E-state index is 0.627. The van der Waals surface area contributed by atoms with E-state index in [1.165, 1.54) is 12.8 Å². The summed E-state index contributed by atoms with van der Waals surface area (Å²) in [4.78, 5) is 0.